The van der Waals surface area contributed by atoms with Gasteiger partial charge < -0.3 is 15.2 Å². The molecule has 4 nitrogen and oxygen atoms in total. The summed E-state index contributed by atoms with van der Waals surface area (Å²) in [4.78, 5) is 2.60. The van der Waals surface area contributed by atoms with Gasteiger partial charge in [0.15, 0.2) is 0 Å². The van der Waals surface area contributed by atoms with Crippen molar-refractivity contribution in [2.45, 2.75) is 70.2 Å². The summed E-state index contributed by atoms with van der Waals surface area (Å²) >= 11 is 0. The molecule has 0 amide bonds. The van der Waals surface area contributed by atoms with Crippen molar-refractivity contribution in [1.82, 2.24) is 4.90 Å². The van der Waals surface area contributed by atoms with Gasteiger partial charge >= 0.3 is 0 Å². The first kappa shape index (κ1) is 14.8. The van der Waals surface area contributed by atoms with Crippen LogP contribution in [-0.4, -0.2) is 55.0 Å². The van der Waals surface area contributed by atoms with Crippen LogP contribution in [0.3, 0.4) is 0 Å². The third-order valence-corrected chi connectivity index (χ3v) is 6.09. The van der Waals surface area contributed by atoms with Gasteiger partial charge in [0.25, 0.3) is 0 Å². The smallest absolute Gasteiger partial charge is 0.0730 e. The molecule has 2 N–H and O–H groups in total. The lowest BCUT2D eigenvalue weighted by Gasteiger charge is -2.61. The van der Waals surface area contributed by atoms with Crippen molar-refractivity contribution in [1.29, 1.82) is 0 Å². The minimum absolute atomic E-state index is 0.0649. The third-order valence-electron chi connectivity index (χ3n) is 6.09. The average molecular weight is 282 g/mol. The predicted molar refractivity (Wildman–Crippen MR) is 79.7 cm³/mol. The molecule has 0 aromatic heterocycles. The lowest BCUT2D eigenvalue weighted by molar-refractivity contribution is -0.166. The van der Waals surface area contributed by atoms with Crippen LogP contribution in [0.15, 0.2) is 0 Å². The lowest BCUT2D eigenvalue weighted by atomic mass is 9.54. The summed E-state index contributed by atoms with van der Waals surface area (Å²) in [6, 6.07) is 0.603. The van der Waals surface area contributed by atoms with E-state index in [0.717, 1.165) is 32.7 Å². The number of hydrogen-bond acceptors (Lipinski definition) is 4. The van der Waals surface area contributed by atoms with E-state index >= 15 is 0 Å². The molecule has 4 heteroatoms. The molecule has 3 fully saturated rings. The minimum atomic E-state index is -0.114. The van der Waals surface area contributed by atoms with Gasteiger partial charge in [0.05, 0.1) is 18.8 Å². The molecule has 0 aromatic rings. The summed E-state index contributed by atoms with van der Waals surface area (Å²) in [7, 11) is 0. The Balaban J connectivity index is 1.65. The van der Waals surface area contributed by atoms with Gasteiger partial charge in [-0.3, -0.25) is 4.90 Å². The Morgan fingerprint density at radius 1 is 1.35 bits per heavy atom. The summed E-state index contributed by atoms with van der Waals surface area (Å²) < 4.78 is 11.7. The maximum Gasteiger partial charge on any atom is 0.0730 e. The Morgan fingerprint density at radius 2 is 2.15 bits per heavy atom. The highest BCUT2D eigenvalue weighted by Gasteiger charge is 2.59. The van der Waals surface area contributed by atoms with Crippen LogP contribution in [-0.2, 0) is 9.47 Å². The highest BCUT2D eigenvalue weighted by molar-refractivity contribution is 5.15. The van der Waals surface area contributed by atoms with Gasteiger partial charge in [0.2, 0.25) is 0 Å². The molecule has 1 heterocycles. The molecule has 1 saturated heterocycles. The summed E-state index contributed by atoms with van der Waals surface area (Å²) in [5.41, 5.74) is 6.70. The van der Waals surface area contributed by atoms with E-state index < -0.39 is 0 Å². The van der Waals surface area contributed by atoms with Crippen LogP contribution in [0.5, 0.6) is 0 Å². The molecule has 0 bridgehead atoms. The molecular weight excluding hydrogens is 252 g/mol. The molecule has 4 unspecified atom stereocenters. The van der Waals surface area contributed by atoms with E-state index in [0.29, 0.717) is 18.2 Å². The standard InChI is InChI=1S/C16H30N2O2/c1-4-19-14-10-16(17,15(14,2)3)11-18-8-9-20-13-7-5-6-12(13)18/h12-14H,4-11,17H2,1-3H3. The summed E-state index contributed by atoms with van der Waals surface area (Å²) in [5, 5.41) is 0. The Kier molecular flexibility index (Phi) is 3.87. The van der Waals surface area contributed by atoms with Gasteiger partial charge in [-0.2, -0.15) is 0 Å². The van der Waals surface area contributed by atoms with Crippen LogP contribution in [0.1, 0.15) is 46.5 Å². The monoisotopic (exact) mass is 282 g/mol. The van der Waals surface area contributed by atoms with E-state index in [1.807, 2.05) is 0 Å². The van der Waals surface area contributed by atoms with E-state index in [-0.39, 0.29) is 11.0 Å². The van der Waals surface area contributed by atoms with E-state index in [2.05, 4.69) is 25.7 Å². The quantitative estimate of drug-likeness (QED) is 0.854. The third kappa shape index (κ3) is 2.21. The molecular formula is C16H30N2O2. The van der Waals surface area contributed by atoms with Gasteiger partial charge in [-0.1, -0.05) is 13.8 Å². The molecule has 116 valence electrons. The first-order valence-electron chi connectivity index (χ1n) is 8.24. The summed E-state index contributed by atoms with van der Waals surface area (Å²) in [6.07, 6.45) is 5.56. The van der Waals surface area contributed by atoms with Gasteiger partial charge in [0, 0.05) is 36.7 Å². The maximum absolute atomic E-state index is 6.75. The normalized spacial score (nSPS) is 44.1. The Bertz CT molecular complexity index is 360. The van der Waals surface area contributed by atoms with Crippen molar-refractivity contribution < 1.29 is 9.47 Å². The van der Waals surface area contributed by atoms with Gasteiger partial charge in [0.1, 0.15) is 0 Å². The molecule has 0 radical (unpaired) electrons. The van der Waals surface area contributed by atoms with Crippen molar-refractivity contribution in [3.63, 3.8) is 0 Å². The highest BCUT2D eigenvalue weighted by atomic mass is 16.5. The molecule has 3 rings (SSSR count). The molecule has 3 aliphatic rings. The molecule has 2 aliphatic carbocycles. The molecule has 4 atom stereocenters. The number of morpholine rings is 1. The number of nitrogens with two attached hydrogens (primary N) is 1. The van der Waals surface area contributed by atoms with Gasteiger partial charge in [-0.25, -0.2) is 0 Å². The van der Waals surface area contributed by atoms with Crippen LogP contribution in [0, 0.1) is 5.41 Å². The molecule has 20 heavy (non-hydrogen) atoms. The van der Waals surface area contributed by atoms with Gasteiger partial charge in [-0.05, 0) is 32.6 Å². The van der Waals surface area contributed by atoms with E-state index in [9.17, 15) is 0 Å². The lowest BCUT2D eigenvalue weighted by Crippen LogP contribution is -2.74. The molecule has 0 spiro atoms. The second-order valence-electron chi connectivity index (χ2n) is 7.40. The van der Waals surface area contributed by atoms with Crippen molar-refractivity contribution in [2.75, 3.05) is 26.3 Å². The van der Waals surface area contributed by atoms with E-state index in [1.165, 1.54) is 19.3 Å². The van der Waals surface area contributed by atoms with E-state index in [4.69, 9.17) is 15.2 Å². The maximum atomic E-state index is 6.75. The SMILES string of the molecule is CCOC1CC(N)(CN2CCOC3CCCC32)C1(C)C. The van der Waals surface area contributed by atoms with E-state index in [1.54, 1.807) is 0 Å². The van der Waals surface area contributed by atoms with Crippen molar-refractivity contribution in [3.8, 4) is 0 Å². The van der Waals surface area contributed by atoms with Gasteiger partial charge in [-0.15, -0.1) is 0 Å². The van der Waals surface area contributed by atoms with Crippen LogP contribution in [0.4, 0.5) is 0 Å². The summed E-state index contributed by atoms with van der Waals surface area (Å²) in [6.45, 7) is 10.3. The zero-order valence-corrected chi connectivity index (χ0v) is 13.2. The second kappa shape index (κ2) is 5.24. The zero-order chi connectivity index (χ0) is 14.4. The number of nitrogens with zero attached hydrogens (tertiary/aromatic N) is 1. The Labute approximate surface area is 123 Å². The number of hydrogen-bond donors (Lipinski definition) is 1. The van der Waals surface area contributed by atoms with Crippen molar-refractivity contribution in [3.05, 3.63) is 0 Å². The largest absolute Gasteiger partial charge is 0.378 e. The Hall–Kier alpha value is -0.160. The fraction of sp³-hybridized carbons (Fsp3) is 1.00. The highest BCUT2D eigenvalue weighted by Crippen LogP contribution is 2.50. The molecule has 1 aliphatic heterocycles. The fourth-order valence-electron chi connectivity index (χ4n) is 4.34. The average Bonchev–Trinajstić information content (AvgIpc) is 2.88. The molecule has 0 aromatic carbocycles. The predicted octanol–water partition coefficient (Wildman–Crippen LogP) is 1.77. The zero-order valence-electron chi connectivity index (χ0n) is 13.2. The second-order valence-corrected chi connectivity index (χ2v) is 7.40. The Morgan fingerprint density at radius 3 is 2.85 bits per heavy atom. The van der Waals surface area contributed by atoms with Crippen LogP contribution < -0.4 is 5.73 Å². The van der Waals surface area contributed by atoms with Crippen LogP contribution in [0.25, 0.3) is 0 Å². The summed E-state index contributed by atoms with van der Waals surface area (Å²) in [5.74, 6) is 0. The number of ether oxygens (including phenoxy) is 2. The fourth-order valence-corrected chi connectivity index (χ4v) is 4.34. The van der Waals surface area contributed by atoms with Crippen LogP contribution in [0.2, 0.25) is 0 Å². The minimum Gasteiger partial charge on any atom is -0.378 e. The van der Waals surface area contributed by atoms with Crippen molar-refractivity contribution >= 4 is 0 Å². The first-order valence-corrected chi connectivity index (χ1v) is 8.24. The number of rotatable bonds is 4. The topological polar surface area (TPSA) is 47.7 Å². The number of fused-ring (bicyclic) bond motifs is 1. The first-order chi connectivity index (χ1) is 9.48. The molecule has 2 saturated carbocycles. The van der Waals surface area contributed by atoms with Crippen LogP contribution >= 0.6 is 0 Å². The van der Waals surface area contributed by atoms with Crippen molar-refractivity contribution in [2.24, 2.45) is 11.1 Å².